The molecule has 1 saturated heterocycles. The Morgan fingerprint density at radius 3 is 2.62 bits per heavy atom. The Hall–Kier alpha value is -0.610. The highest BCUT2D eigenvalue weighted by molar-refractivity contribution is 5.82. The first kappa shape index (κ1) is 13.5. The van der Waals surface area contributed by atoms with Gasteiger partial charge in [0.15, 0.2) is 0 Å². The molecular formula is C12H25N3O. The largest absolute Gasteiger partial charge is 0.336 e. The van der Waals surface area contributed by atoms with Crippen LogP contribution in [0.4, 0.5) is 0 Å². The predicted octanol–water partition coefficient (Wildman–Crippen LogP) is 0.665. The number of nitrogens with two attached hydrogens (primary N) is 1. The summed E-state index contributed by atoms with van der Waals surface area (Å²) in [5.41, 5.74) is 5.59. The lowest BCUT2D eigenvalue weighted by Crippen LogP contribution is -2.49. The van der Waals surface area contributed by atoms with Crippen LogP contribution >= 0.6 is 0 Å². The summed E-state index contributed by atoms with van der Waals surface area (Å²) in [6.45, 7) is 7.84. The van der Waals surface area contributed by atoms with Gasteiger partial charge in [-0.25, -0.2) is 0 Å². The minimum absolute atomic E-state index is 0.0302. The number of nitrogens with zero attached hydrogens (tertiary/aromatic N) is 2. The second-order valence-corrected chi connectivity index (χ2v) is 5.05. The zero-order chi connectivity index (χ0) is 12.3. The highest BCUT2D eigenvalue weighted by Crippen LogP contribution is 2.19. The van der Waals surface area contributed by atoms with Gasteiger partial charge in [-0.15, -0.1) is 0 Å². The molecule has 0 saturated carbocycles. The number of hydrogen-bond acceptors (Lipinski definition) is 3. The maximum Gasteiger partial charge on any atom is 0.240 e. The third-order valence-electron chi connectivity index (χ3n) is 3.44. The first-order chi connectivity index (χ1) is 7.49. The summed E-state index contributed by atoms with van der Waals surface area (Å²) >= 11 is 0. The molecule has 0 aliphatic carbocycles. The fraction of sp³-hybridized carbons (Fsp3) is 0.917. The molecule has 1 heterocycles. The Balaban J connectivity index is 2.88. The molecule has 0 spiro atoms. The fourth-order valence-corrected chi connectivity index (χ4v) is 2.53. The van der Waals surface area contributed by atoms with Crippen molar-refractivity contribution in [3.8, 4) is 0 Å². The number of likely N-dealkylation sites (N-methyl/N-ethyl adjacent to an activating group) is 1. The van der Waals surface area contributed by atoms with Crippen LogP contribution in [0, 0.1) is 0 Å². The number of carbonyl (C=O) groups excluding carboxylic acids is 1. The summed E-state index contributed by atoms with van der Waals surface area (Å²) in [5.74, 6) is 0.243. The van der Waals surface area contributed by atoms with Crippen LogP contribution in [0.1, 0.15) is 33.6 Å². The van der Waals surface area contributed by atoms with Crippen molar-refractivity contribution in [3.05, 3.63) is 0 Å². The van der Waals surface area contributed by atoms with Crippen LogP contribution in [0.2, 0.25) is 0 Å². The van der Waals surface area contributed by atoms with Crippen molar-refractivity contribution in [2.24, 2.45) is 5.73 Å². The van der Waals surface area contributed by atoms with Crippen LogP contribution < -0.4 is 5.73 Å². The number of hydrogen-bond donors (Lipinski definition) is 1. The van der Waals surface area contributed by atoms with E-state index in [-0.39, 0.29) is 18.0 Å². The first-order valence-electron chi connectivity index (χ1n) is 6.21. The van der Waals surface area contributed by atoms with Gasteiger partial charge in [0.1, 0.15) is 0 Å². The minimum Gasteiger partial charge on any atom is -0.336 e. The standard InChI is InChI=1S/C12H25N3O/c1-9(2)15-10(3)6-8-14(4)11(5-7-13)12(15)16/h9-11H,5-8,13H2,1-4H3. The van der Waals surface area contributed by atoms with Crippen LogP contribution in [0.25, 0.3) is 0 Å². The van der Waals surface area contributed by atoms with Crippen LogP contribution in [0.3, 0.4) is 0 Å². The van der Waals surface area contributed by atoms with Crippen molar-refractivity contribution in [1.82, 2.24) is 9.80 Å². The highest BCUT2D eigenvalue weighted by Gasteiger charge is 2.34. The Morgan fingerprint density at radius 1 is 1.50 bits per heavy atom. The van der Waals surface area contributed by atoms with Crippen LogP contribution in [0.15, 0.2) is 0 Å². The van der Waals surface area contributed by atoms with Crippen LogP contribution in [-0.2, 0) is 4.79 Å². The van der Waals surface area contributed by atoms with Crippen molar-refractivity contribution < 1.29 is 4.79 Å². The molecule has 1 amide bonds. The average molecular weight is 227 g/mol. The van der Waals surface area contributed by atoms with Crippen molar-refractivity contribution in [3.63, 3.8) is 0 Å². The molecule has 1 fully saturated rings. The molecule has 0 bridgehead atoms. The molecule has 2 atom stereocenters. The summed E-state index contributed by atoms with van der Waals surface area (Å²) in [6.07, 6.45) is 1.80. The third-order valence-corrected chi connectivity index (χ3v) is 3.44. The summed E-state index contributed by atoms with van der Waals surface area (Å²) in [6, 6.07) is 0.573. The Labute approximate surface area is 98.8 Å². The minimum atomic E-state index is -0.0302. The van der Waals surface area contributed by atoms with Gasteiger partial charge in [-0.2, -0.15) is 0 Å². The van der Waals surface area contributed by atoms with E-state index in [0.29, 0.717) is 12.6 Å². The molecule has 16 heavy (non-hydrogen) atoms. The van der Waals surface area contributed by atoms with E-state index in [2.05, 4.69) is 25.7 Å². The molecule has 0 aromatic carbocycles. The highest BCUT2D eigenvalue weighted by atomic mass is 16.2. The molecule has 0 radical (unpaired) electrons. The normalized spacial score (nSPS) is 28.6. The van der Waals surface area contributed by atoms with E-state index in [1.54, 1.807) is 0 Å². The predicted molar refractivity (Wildman–Crippen MR) is 66.2 cm³/mol. The van der Waals surface area contributed by atoms with E-state index >= 15 is 0 Å². The first-order valence-corrected chi connectivity index (χ1v) is 6.21. The molecule has 4 heteroatoms. The Morgan fingerprint density at radius 2 is 2.12 bits per heavy atom. The molecule has 94 valence electrons. The van der Waals surface area contributed by atoms with Gasteiger partial charge in [-0.05, 0) is 47.2 Å². The van der Waals surface area contributed by atoms with E-state index in [0.717, 1.165) is 19.4 Å². The lowest BCUT2D eigenvalue weighted by atomic mass is 10.1. The second-order valence-electron chi connectivity index (χ2n) is 5.05. The zero-order valence-corrected chi connectivity index (χ0v) is 10.9. The van der Waals surface area contributed by atoms with Crippen LogP contribution in [0.5, 0.6) is 0 Å². The SMILES string of the molecule is CC(C)N1C(=O)C(CCN)N(C)CCC1C. The number of rotatable bonds is 3. The van der Waals surface area contributed by atoms with Crippen LogP contribution in [-0.4, -0.2) is 54.0 Å². The molecule has 2 unspecified atom stereocenters. The van der Waals surface area contributed by atoms with Gasteiger partial charge >= 0.3 is 0 Å². The van der Waals surface area contributed by atoms with Crippen molar-refractivity contribution >= 4 is 5.91 Å². The molecule has 0 aromatic rings. The summed E-state index contributed by atoms with van der Waals surface area (Å²) < 4.78 is 0. The Bertz CT molecular complexity index is 242. The van der Waals surface area contributed by atoms with Crippen molar-refractivity contribution in [1.29, 1.82) is 0 Å². The lowest BCUT2D eigenvalue weighted by molar-refractivity contribution is -0.138. The smallest absolute Gasteiger partial charge is 0.240 e. The molecule has 2 N–H and O–H groups in total. The zero-order valence-electron chi connectivity index (χ0n) is 10.9. The molecule has 0 aromatic heterocycles. The summed E-state index contributed by atoms with van der Waals surface area (Å²) in [4.78, 5) is 16.6. The van der Waals surface area contributed by atoms with E-state index in [4.69, 9.17) is 5.73 Å². The maximum atomic E-state index is 12.4. The molecule has 1 rings (SSSR count). The van der Waals surface area contributed by atoms with Gasteiger partial charge < -0.3 is 10.6 Å². The molecule has 1 aliphatic rings. The van der Waals surface area contributed by atoms with Crippen molar-refractivity contribution in [2.75, 3.05) is 20.1 Å². The molecule has 1 aliphatic heterocycles. The van der Waals surface area contributed by atoms with Crippen molar-refractivity contribution in [2.45, 2.75) is 51.7 Å². The van der Waals surface area contributed by atoms with Gasteiger partial charge in [0.05, 0.1) is 6.04 Å². The Kier molecular flexibility index (Phi) is 4.74. The van der Waals surface area contributed by atoms with Gasteiger partial charge in [0.25, 0.3) is 0 Å². The number of amides is 1. The van der Waals surface area contributed by atoms with E-state index in [9.17, 15) is 4.79 Å². The molecular weight excluding hydrogens is 202 g/mol. The maximum absolute atomic E-state index is 12.4. The summed E-state index contributed by atoms with van der Waals surface area (Å²) in [7, 11) is 2.02. The van der Waals surface area contributed by atoms with Gasteiger partial charge in [-0.1, -0.05) is 0 Å². The van der Waals surface area contributed by atoms with Gasteiger partial charge in [-0.3, -0.25) is 9.69 Å². The molecule has 4 nitrogen and oxygen atoms in total. The number of carbonyl (C=O) groups is 1. The fourth-order valence-electron chi connectivity index (χ4n) is 2.53. The quantitative estimate of drug-likeness (QED) is 0.771. The van der Waals surface area contributed by atoms with E-state index < -0.39 is 0 Å². The monoisotopic (exact) mass is 227 g/mol. The lowest BCUT2D eigenvalue weighted by Gasteiger charge is -2.33. The van der Waals surface area contributed by atoms with Gasteiger partial charge in [0.2, 0.25) is 5.91 Å². The summed E-state index contributed by atoms with van der Waals surface area (Å²) in [5, 5.41) is 0. The average Bonchev–Trinajstić information content (AvgIpc) is 2.30. The topological polar surface area (TPSA) is 49.6 Å². The van der Waals surface area contributed by atoms with E-state index in [1.165, 1.54) is 0 Å². The van der Waals surface area contributed by atoms with Gasteiger partial charge in [0, 0.05) is 18.6 Å². The third kappa shape index (κ3) is 2.74. The second kappa shape index (κ2) is 5.64. The van der Waals surface area contributed by atoms with E-state index in [1.807, 2.05) is 11.9 Å².